The topological polar surface area (TPSA) is 58.3 Å². The number of nitrogens with one attached hydrogen (secondary N) is 1. The predicted molar refractivity (Wildman–Crippen MR) is 91.6 cm³/mol. The summed E-state index contributed by atoms with van der Waals surface area (Å²) < 4.78 is 13.9. The molecule has 0 saturated heterocycles. The standard InChI is InChI=1S/C19H25FN2O/c1-19(2,15-10-6-7-11-16(15)20)22-13-18(23)17(21)12-14-8-4-3-5-9-14/h3-11,17-18,22-23H,12-13,21H2,1-2H3/t17-,18+/m0/s1. The second kappa shape index (κ2) is 7.68. The molecule has 0 radical (unpaired) electrons. The van der Waals surface area contributed by atoms with Gasteiger partial charge in [0.05, 0.1) is 6.10 Å². The zero-order valence-electron chi connectivity index (χ0n) is 13.7. The monoisotopic (exact) mass is 316 g/mol. The van der Waals surface area contributed by atoms with Crippen molar-refractivity contribution in [1.29, 1.82) is 0 Å². The zero-order valence-corrected chi connectivity index (χ0v) is 13.7. The minimum absolute atomic E-state index is 0.256. The molecule has 0 spiro atoms. The maximum atomic E-state index is 13.9. The Hall–Kier alpha value is -1.75. The number of halogens is 1. The van der Waals surface area contributed by atoms with Gasteiger partial charge in [0, 0.05) is 23.7 Å². The van der Waals surface area contributed by atoms with E-state index in [4.69, 9.17) is 5.73 Å². The summed E-state index contributed by atoms with van der Waals surface area (Å²) in [4.78, 5) is 0. The molecule has 2 aromatic rings. The van der Waals surface area contributed by atoms with E-state index < -0.39 is 11.6 Å². The lowest BCUT2D eigenvalue weighted by Crippen LogP contribution is -2.48. The average molecular weight is 316 g/mol. The van der Waals surface area contributed by atoms with Crippen molar-refractivity contribution in [1.82, 2.24) is 5.32 Å². The molecule has 0 aliphatic carbocycles. The molecular formula is C19H25FN2O. The van der Waals surface area contributed by atoms with Gasteiger partial charge in [-0.3, -0.25) is 0 Å². The Morgan fingerprint density at radius 2 is 1.70 bits per heavy atom. The molecule has 2 aromatic carbocycles. The van der Waals surface area contributed by atoms with Gasteiger partial charge in [-0.05, 0) is 31.9 Å². The summed E-state index contributed by atoms with van der Waals surface area (Å²) in [5.41, 5.74) is 7.16. The van der Waals surface area contributed by atoms with Crippen LogP contribution in [0.5, 0.6) is 0 Å². The molecule has 4 N–H and O–H groups in total. The van der Waals surface area contributed by atoms with Crippen LogP contribution in [0.15, 0.2) is 54.6 Å². The van der Waals surface area contributed by atoms with E-state index in [2.05, 4.69) is 5.32 Å². The van der Waals surface area contributed by atoms with Gasteiger partial charge in [0.25, 0.3) is 0 Å². The van der Waals surface area contributed by atoms with E-state index in [1.54, 1.807) is 18.2 Å². The van der Waals surface area contributed by atoms with E-state index in [1.165, 1.54) is 6.07 Å². The number of hydrogen-bond donors (Lipinski definition) is 3. The van der Waals surface area contributed by atoms with Gasteiger partial charge in [-0.15, -0.1) is 0 Å². The van der Waals surface area contributed by atoms with Crippen molar-refractivity contribution < 1.29 is 9.50 Å². The summed E-state index contributed by atoms with van der Waals surface area (Å²) >= 11 is 0. The van der Waals surface area contributed by atoms with Crippen molar-refractivity contribution in [3.8, 4) is 0 Å². The first-order valence-electron chi connectivity index (χ1n) is 7.88. The summed E-state index contributed by atoms with van der Waals surface area (Å²) in [5.74, 6) is -0.256. The highest BCUT2D eigenvalue weighted by Crippen LogP contribution is 2.22. The SMILES string of the molecule is CC(C)(NC[C@@H](O)[C@@H](N)Cc1ccccc1)c1ccccc1F. The fraction of sp³-hybridized carbons (Fsp3) is 0.368. The van der Waals surface area contributed by atoms with E-state index in [9.17, 15) is 9.50 Å². The largest absolute Gasteiger partial charge is 0.390 e. The van der Waals surface area contributed by atoms with Gasteiger partial charge in [-0.1, -0.05) is 48.5 Å². The fourth-order valence-electron chi connectivity index (χ4n) is 2.60. The van der Waals surface area contributed by atoms with Gasteiger partial charge in [0.15, 0.2) is 0 Å². The molecule has 2 atom stereocenters. The van der Waals surface area contributed by atoms with Crippen molar-refractivity contribution in [3.63, 3.8) is 0 Å². The third-order valence-corrected chi connectivity index (χ3v) is 4.11. The molecule has 23 heavy (non-hydrogen) atoms. The van der Waals surface area contributed by atoms with Crippen LogP contribution in [0.2, 0.25) is 0 Å². The molecule has 0 fully saturated rings. The van der Waals surface area contributed by atoms with E-state index in [1.807, 2.05) is 44.2 Å². The van der Waals surface area contributed by atoms with Crippen molar-refractivity contribution in [3.05, 3.63) is 71.5 Å². The van der Waals surface area contributed by atoms with Crippen molar-refractivity contribution in [2.75, 3.05) is 6.54 Å². The zero-order chi connectivity index (χ0) is 16.9. The highest BCUT2D eigenvalue weighted by molar-refractivity contribution is 5.24. The molecule has 0 amide bonds. The van der Waals surface area contributed by atoms with Gasteiger partial charge in [-0.25, -0.2) is 4.39 Å². The van der Waals surface area contributed by atoms with Gasteiger partial charge in [0.2, 0.25) is 0 Å². The van der Waals surface area contributed by atoms with Crippen LogP contribution in [0, 0.1) is 5.82 Å². The van der Waals surface area contributed by atoms with Crippen LogP contribution in [0.1, 0.15) is 25.0 Å². The number of rotatable bonds is 7. The van der Waals surface area contributed by atoms with Crippen molar-refractivity contribution in [2.45, 2.75) is 38.0 Å². The minimum atomic E-state index is -0.707. The maximum absolute atomic E-state index is 13.9. The molecule has 0 aliphatic heterocycles. The minimum Gasteiger partial charge on any atom is -0.390 e. The molecule has 4 heteroatoms. The van der Waals surface area contributed by atoms with Gasteiger partial charge in [0.1, 0.15) is 5.82 Å². The number of hydrogen-bond acceptors (Lipinski definition) is 3. The Morgan fingerprint density at radius 1 is 1.09 bits per heavy atom. The Bertz CT molecular complexity index is 616. The molecule has 0 aromatic heterocycles. The molecule has 0 heterocycles. The Balaban J connectivity index is 1.92. The van der Waals surface area contributed by atoms with Crippen molar-refractivity contribution >= 4 is 0 Å². The second-order valence-electron chi connectivity index (χ2n) is 6.41. The molecular weight excluding hydrogens is 291 g/mol. The van der Waals surface area contributed by atoms with Crippen LogP contribution in [0.25, 0.3) is 0 Å². The lowest BCUT2D eigenvalue weighted by Gasteiger charge is -2.30. The first-order valence-corrected chi connectivity index (χ1v) is 7.88. The summed E-state index contributed by atoms with van der Waals surface area (Å²) in [6.45, 7) is 4.08. The quantitative estimate of drug-likeness (QED) is 0.736. The van der Waals surface area contributed by atoms with Crippen LogP contribution < -0.4 is 11.1 Å². The van der Waals surface area contributed by atoms with E-state index in [0.29, 0.717) is 18.5 Å². The van der Waals surface area contributed by atoms with E-state index in [0.717, 1.165) is 5.56 Å². The second-order valence-corrected chi connectivity index (χ2v) is 6.41. The summed E-state index contributed by atoms with van der Waals surface area (Å²) in [6.07, 6.45) is -0.106. The van der Waals surface area contributed by atoms with Crippen LogP contribution >= 0.6 is 0 Å². The highest BCUT2D eigenvalue weighted by Gasteiger charge is 2.25. The Kier molecular flexibility index (Phi) is 5.88. The summed E-state index contributed by atoms with van der Waals surface area (Å²) in [5, 5.41) is 13.5. The number of aliphatic hydroxyl groups excluding tert-OH is 1. The fourth-order valence-corrected chi connectivity index (χ4v) is 2.60. The van der Waals surface area contributed by atoms with Gasteiger partial charge >= 0.3 is 0 Å². The first-order chi connectivity index (χ1) is 10.9. The van der Waals surface area contributed by atoms with Crippen LogP contribution in [-0.4, -0.2) is 23.8 Å². The number of aliphatic hydroxyl groups is 1. The first kappa shape index (κ1) is 17.6. The van der Waals surface area contributed by atoms with Crippen molar-refractivity contribution in [2.24, 2.45) is 5.73 Å². The average Bonchev–Trinajstić information content (AvgIpc) is 2.54. The molecule has 0 unspecified atom stereocenters. The molecule has 124 valence electrons. The third-order valence-electron chi connectivity index (χ3n) is 4.11. The van der Waals surface area contributed by atoms with E-state index >= 15 is 0 Å². The highest BCUT2D eigenvalue weighted by atomic mass is 19.1. The smallest absolute Gasteiger partial charge is 0.128 e. The molecule has 2 rings (SSSR count). The lowest BCUT2D eigenvalue weighted by atomic mass is 9.93. The van der Waals surface area contributed by atoms with Gasteiger partial charge < -0.3 is 16.2 Å². The Labute approximate surface area is 137 Å². The maximum Gasteiger partial charge on any atom is 0.128 e. The van der Waals surface area contributed by atoms with E-state index in [-0.39, 0.29) is 11.9 Å². The third kappa shape index (κ3) is 4.86. The summed E-state index contributed by atoms with van der Waals surface area (Å²) in [6, 6.07) is 16.1. The molecule has 0 aliphatic rings. The van der Waals surface area contributed by atoms with Crippen LogP contribution in [-0.2, 0) is 12.0 Å². The normalized spacial score (nSPS) is 14.5. The Morgan fingerprint density at radius 3 is 2.35 bits per heavy atom. The molecule has 0 bridgehead atoms. The van der Waals surface area contributed by atoms with Crippen LogP contribution in [0.4, 0.5) is 4.39 Å². The molecule has 0 saturated carbocycles. The van der Waals surface area contributed by atoms with Gasteiger partial charge in [-0.2, -0.15) is 0 Å². The molecule has 3 nitrogen and oxygen atoms in total. The van der Waals surface area contributed by atoms with Crippen LogP contribution in [0.3, 0.4) is 0 Å². The number of nitrogens with two attached hydrogens (primary N) is 1. The summed E-state index contributed by atoms with van der Waals surface area (Å²) in [7, 11) is 0. The predicted octanol–water partition coefficient (Wildman–Crippen LogP) is 2.58. The number of benzene rings is 2. The lowest BCUT2D eigenvalue weighted by molar-refractivity contribution is 0.130.